The fraction of sp³-hybridized carbons (Fsp3) is 0.400. The van der Waals surface area contributed by atoms with E-state index in [1.807, 2.05) is 19.9 Å². The van der Waals surface area contributed by atoms with Crippen molar-refractivity contribution in [2.75, 3.05) is 0 Å². The van der Waals surface area contributed by atoms with Crippen molar-refractivity contribution in [2.45, 2.75) is 13.8 Å². The Morgan fingerprint density at radius 2 is 2.33 bits per heavy atom. The topological polar surface area (TPSA) is 27.6 Å². The fourth-order valence-electron chi connectivity index (χ4n) is 0.683. The van der Waals surface area contributed by atoms with E-state index in [2.05, 4.69) is 26.7 Å². The lowest BCUT2D eigenvalue weighted by atomic mass is 10.3. The van der Waals surface area contributed by atoms with E-state index >= 15 is 0 Å². The van der Waals surface area contributed by atoms with Gasteiger partial charge in [-0.15, -0.1) is 4.14 Å². The van der Waals surface area contributed by atoms with Gasteiger partial charge in [0, 0.05) is 5.70 Å². The molecule has 3 nitrogen and oxygen atoms in total. The van der Waals surface area contributed by atoms with Gasteiger partial charge in [-0.05, 0) is 19.9 Å². The van der Waals surface area contributed by atoms with Crippen molar-refractivity contribution >= 4 is 21.9 Å². The van der Waals surface area contributed by atoms with Crippen LogP contribution in [0.5, 0.6) is 0 Å². The van der Waals surface area contributed by atoms with Crippen LogP contribution in [0.15, 0.2) is 16.9 Å². The van der Waals surface area contributed by atoms with Crippen LogP contribution in [0, 0.1) is 0 Å². The number of hydrazone groups is 1. The van der Waals surface area contributed by atoms with Crippen molar-refractivity contribution in [2.24, 2.45) is 5.10 Å². The first kappa shape index (κ1) is 6.61. The van der Waals surface area contributed by atoms with Crippen molar-refractivity contribution in [3.8, 4) is 0 Å². The van der Waals surface area contributed by atoms with Crippen molar-refractivity contribution in [1.29, 1.82) is 0 Å². The zero-order valence-electron chi connectivity index (χ0n) is 5.35. The number of nitrogens with zero attached hydrogens (tertiary/aromatic N) is 2. The molecule has 1 aliphatic heterocycles. The molecule has 0 bridgehead atoms. The van der Waals surface area contributed by atoms with Crippen LogP contribution in [-0.4, -0.2) is 9.86 Å². The zero-order chi connectivity index (χ0) is 6.85. The van der Waals surface area contributed by atoms with Crippen LogP contribution in [-0.2, 0) is 0 Å². The van der Waals surface area contributed by atoms with Gasteiger partial charge in [0.05, 0.1) is 21.9 Å². The van der Waals surface area contributed by atoms with E-state index in [0.717, 1.165) is 11.4 Å². The molecule has 0 saturated carbocycles. The predicted octanol–water partition coefficient (Wildman–Crippen LogP) is 1.40. The number of hydrogen-bond donors (Lipinski definition) is 1. The number of rotatable bonds is 0. The Labute approximate surface area is 62.7 Å². The molecule has 0 amide bonds. The number of halogens is 1. The third kappa shape index (κ3) is 1.71. The molecule has 1 rings (SSSR count). The number of nitrogens with one attached hydrogen (secondary N) is 1. The molecular formula is C5H8BrN3. The summed E-state index contributed by atoms with van der Waals surface area (Å²) in [5.74, 6) is 0. The molecule has 0 unspecified atom stereocenters. The summed E-state index contributed by atoms with van der Waals surface area (Å²) >= 11 is 3.16. The Morgan fingerprint density at radius 3 is 2.78 bits per heavy atom. The third-order valence-electron chi connectivity index (χ3n) is 0.940. The Morgan fingerprint density at radius 1 is 1.67 bits per heavy atom. The van der Waals surface area contributed by atoms with Gasteiger partial charge in [0.1, 0.15) is 0 Å². The second-order valence-corrected chi connectivity index (χ2v) is 2.61. The summed E-state index contributed by atoms with van der Waals surface area (Å²) in [6.07, 6.45) is 1.97. The normalized spacial score (nSPS) is 18.3. The highest BCUT2D eigenvalue weighted by Gasteiger charge is 2.01. The summed E-state index contributed by atoms with van der Waals surface area (Å²) in [5.41, 5.74) is 5.00. The van der Waals surface area contributed by atoms with Crippen molar-refractivity contribution in [3.63, 3.8) is 0 Å². The Bertz CT molecular complexity index is 173. The highest BCUT2D eigenvalue weighted by Crippen LogP contribution is 2.04. The van der Waals surface area contributed by atoms with Crippen molar-refractivity contribution in [3.05, 3.63) is 11.8 Å². The van der Waals surface area contributed by atoms with Crippen LogP contribution in [0.4, 0.5) is 0 Å². The first-order chi connectivity index (χ1) is 4.18. The maximum Gasteiger partial charge on any atom is 0.0971 e. The molecule has 1 aliphatic rings. The molecule has 1 heterocycles. The largest absolute Gasteiger partial charge is 0.276 e. The molecule has 0 aromatic rings. The van der Waals surface area contributed by atoms with Gasteiger partial charge in [-0.25, -0.2) is 0 Å². The monoisotopic (exact) mass is 189 g/mol. The standard InChI is InChI=1S/C5H8BrN3/c1-4-3-5(2)8-9(6)7-4/h3,7H,1-2H3. The lowest BCUT2D eigenvalue weighted by molar-refractivity contribution is 0.425. The van der Waals surface area contributed by atoms with Gasteiger partial charge in [0.25, 0.3) is 0 Å². The number of hydrogen-bond acceptors (Lipinski definition) is 3. The molecule has 0 aromatic carbocycles. The van der Waals surface area contributed by atoms with E-state index in [4.69, 9.17) is 0 Å². The van der Waals surface area contributed by atoms with Crippen LogP contribution in [0.1, 0.15) is 13.8 Å². The van der Waals surface area contributed by atoms with Crippen LogP contribution in [0.2, 0.25) is 0 Å². The maximum absolute atomic E-state index is 4.01. The smallest absolute Gasteiger partial charge is 0.0971 e. The molecule has 0 aromatic heterocycles. The predicted molar refractivity (Wildman–Crippen MR) is 40.8 cm³/mol. The van der Waals surface area contributed by atoms with Crippen molar-refractivity contribution in [1.82, 2.24) is 9.57 Å². The second kappa shape index (κ2) is 2.39. The van der Waals surface area contributed by atoms with Gasteiger partial charge >= 0.3 is 0 Å². The molecule has 50 valence electrons. The van der Waals surface area contributed by atoms with Gasteiger partial charge in [-0.3, -0.25) is 5.43 Å². The lowest BCUT2D eigenvalue weighted by Gasteiger charge is -2.17. The fourth-order valence-corrected chi connectivity index (χ4v) is 1.21. The van der Waals surface area contributed by atoms with E-state index < -0.39 is 0 Å². The molecule has 0 saturated heterocycles. The molecular weight excluding hydrogens is 182 g/mol. The third-order valence-corrected chi connectivity index (χ3v) is 1.28. The average Bonchev–Trinajstić information content (AvgIpc) is 1.59. The Hall–Kier alpha value is -0.510. The van der Waals surface area contributed by atoms with E-state index in [-0.39, 0.29) is 0 Å². The van der Waals surface area contributed by atoms with Gasteiger partial charge in [-0.1, -0.05) is 0 Å². The summed E-state index contributed by atoms with van der Waals surface area (Å²) in [6.45, 7) is 3.92. The van der Waals surface area contributed by atoms with Gasteiger partial charge < -0.3 is 0 Å². The zero-order valence-corrected chi connectivity index (χ0v) is 6.94. The SMILES string of the molecule is CC1=CC(C)=NN(Br)N1. The summed E-state index contributed by atoms with van der Waals surface area (Å²) < 4.78 is 1.51. The molecule has 0 spiro atoms. The maximum atomic E-state index is 4.01. The van der Waals surface area contributed by atoms with E-state index in [1.165, 1.54) is 4.14 Å². The van der Waals surface area contributed by atoms with E-state index in [9.17, 15) is 0 Å². The summed E-state index contributed by atoms with van der Waals surface area (Å²) in [6, 6.07) is 0. The first-order valence-corrected chi connectivity index (χ1v) is 3.35. The van der Waals surface area contributed by atoms with Crippen molar-refractivity contribution < 1.29 is 0 Å². The minimum atomic E-state index is 0.989. The van der Waals surface area contributed by atoms with E-state index in [1.54, 1.807) is 0 Å². The van der Waals surface area contributed by atoms with Crippen LogP contribution in [0.25, 0.3) is 0 Å². The highest BCUT2D eigenvalue weighted by atomic mass is 79.9. The molecule has 0 atom stereocenters. The van der Waals surface area contributed by atoms with Crippen LogP contribution >= 0.6 is 16.1 Å². The molecule has 0 fully saturated rings. The van der Waals surface area contributed by atoms with Gasteiger partial charge in [-0.2, -0.15) is 5.10 Å². The molecule has 4 heteroatoms. The molecule has 1 N–H and O–H groups in total. The summed E-state index contributed by atoms with van der Waals surface area (Å²) in [4.78, 5) is 0. The summed E-state index contributed by atoms with van der Waals surface area (Å²) in [7, 11) is 0. The number of allylic oxidation sites excluding steroid dienone is 2. The van der Waals surface area contributed by atoms with E-state index in [0.29, 0.717) is 0 Å². The van der Waals surface area contributed by atoms with Gasteiger partial charge in [0.15, 0.2) is 0 Å². The molecule has 0 radical (unpaired) electrons. The Balaban J connectivity index is 2.74. The minimum Gasteiger partial charge on any atom is -0.276 e. The first-order valence-electron chi connectivity index (χ1n) is 2.64. The average molecular weight is 190 g/mol. The quantitative estimate of drug-likeness (QED) is 0.584. The minimum absolute atomic E-state index is 0.989. The highest BCUT2D eigenvalue weighted by molar-refractivity contribution is 9.07. The molecule has 9 heavy (non-hydrogen) atoms. The van der Waals surface area contributed by atoms with Crippen LogP contribution in [0.3, 0.4) is 0 Å². The molecule has 0 aliphatic carbocycles. The van der Waals surface area contributed by atoms with Crippen LogP contribution < -0.4 is 5.43 Å². The van der Waals surface area contributed by atoms with Gasteiger partial charge in [0.2, 0.25) is 0 Å². The summed E-state index contributed by atoms with van der Waals surface area (Å²) in [5, 5.41) is 4.01. The lowest BCUT2D eigenvalue weighted by Crippen LogP contribution is -2.27. The number of hydrazine groups is 1. The second-order valence-electron chi connectivity index (χ2n) is 1.94. The Kier molecular flexibility index (Phi) is 1.75.